The van der Waals surface area contributed by atoms with Crippen LogP contribution in [0.5, 0.6) is 5.75 Å². The number of carbonyl (C=O) groups is 1. The normalized spacial score (nSPS) is 18.6. The lowest BCUT2D eigenvalue weighted by Gasteiger charge is -2.32. The lowest BCUT2D eigenvalue weighted by molar-refractivity contribution is -0.128. The second kappa shape index (κ2) is 14.6. The van der Waals surface area contributed by atoms with Crippen molar-refractivity contribution < 1.29 is 27.6 Å². The average molecular weight is 709 g/mol. The molecule has 1 amide bonds. The minimum atomic E-state index is -0.746. The van der Waals surface area contributed by atoms with Crippen molar-refractivity contribution in [3.8, 4) is 17.0 Å². The molecule has 4 aromatic rings. The number of nitrogens with one attached hydrogen (secondary N) is 1. The molecule has 7 rings (SSSR count). The summed E-state index contributed by atoms with van der Waals surface area (Å²) in [6.45, 7) is 1.19. The van der Waals surface area contributed by atoms with E-state index in [0.29, 0.717) is 35.7 Å². The molecule has 1 aliphatic carbocycles. The number of rotatable bonds is 13. The Hall–Kier alpha value is -3.76. The summed E-state index contributed by atoms with van der Waals surface area (Å²) in [5.41, 5.74) is 4.98. The summed E-state index contributed by atoms with van der Waals surface area (Å²) in [7, 11) is 1.71. The molecular weight excluding hydrogens is 671 g/mol. The van der Waals surface area contributed by atoms with Crippen LogP contribution in [0.4, 0.5) is 8.78 Å². The maximum atomic E-state index is 14.5. The van der Waals surface area contributed by atoms with Gasteiger partial charge in [0.2, 0.25) is 0 Å². The number of methoxy groups -OCH3 is 1. The van der Waals surface area contributed by atoms with Gasteiger partial charge in [-0.05, 0) is 97.5 Å². The van der Waals surface area contributed by atoms with Gasteiger partial charge in [0, 0.05) is 55.0 Å². The SMILES string of the molecule is COCCCc1ccc(Cl)c(CN(C(=O)C2=C(c3ccc(OCc4cc(-c5c(F)ccc(F)c5Cl)no4)cc3)C[C@@H]3CC[C@H]2N3)C2CC2)c1. The molecule has 1 N–H and O–H groups in total. The maximum absolute atomic E-state index is 14.5. The molecule has 2 atom stereocenters. The zero-order valence-corrected chi connectivity index (χ0v) is 28.6. The van der Waals surface area contributed by atoms with Gasteiger partial charge in [0.15, 0.2) is 5.76 Å². The summed E-state index contributed by atoms with van der Waals surface area (Å²) in [5.74, 6) is -0.461. The Labute approximate surface area is 294 Å². The Balaban J connectivity index is 1.09. The number of fused-ring (bicyclic) bond motifs is 2. The quantitative estimate of drug-likeness (QED) is 0.111. The van der Waals surface area contributed by atoms with Crippen LogP contribution in [0.15, 0.2) is 70.8 Å². The van der Waals surface area contributed by atoms with Crippen LogP contribution < -0.4 is 10.1 Å². The van der Waals surface area contributed by atoms with Gasteiger partial charge in [-0.2, -0.15) is 0 Å². The van der Waals surface area contributed by atoms with Crippen molar-refractivity contribution in [2.45, 2.75) is 76.2 Å². The molecule has 256 valence electrons. The molecule has 2 bridgehead atoms. The molecule has 2 aliphatic heterocycles. The Bertz CT molecular complexity index is 1880. The molecule has 3 aliphatic rings. The largest absolute Gasteiger partial charge is 0.486 e. The molecule has 1 aromatic heterocycles. The molecule has 1 saturated heterocycles. The van der Waals surface area contributed by atoms with Crippen molar-refractivity contribution in [3.05, 3.63) is 110 Å². The van der Waals surface area contributed by atoms with E-state index in [2.05, 4.69) is 22.6 Å². The van der Waals surface area contributed by atoms with Crippen LogP contribution in [-0.4, -0.2) is 47.8 Å². The predicted octanol–water partition coefficient (Wildman–Crippen LogP) is 8.55. The fourth-order valence-electron chi connectivity index (χ4n) is 6.91. The van der Waals surface area contributed by atoms with Gasteiger partial charge in [-0.1, -0.05) is 52.6 Å². The van der Waals surface area contributed by atoms with Crippen LogP contribution >= 0.6 is 23.2 Å². The zero-order valence-electron chi connectivity index (χ0n) is 27.1. The van der Waals surface area contributed by atoms with E-state index in [1.807, 2.05) is 35.2 Å². The first kappa shape index (κ1) is 33.7. The van der Waals surface area contributed by atoms with Crippen molar-refractivity contribution in [2.24, 2.45) is 0 Å². The molecule has 0 unspecified atom stereocenters. The highest BCUT2D eigenvalue weighted by atomic mass is 35.5. The van der Waals surface area contributed by atoms with Gasteiger partial charge in [0.25, 0.3) is 5.91 Å². The van der Waals surface area contributed by atoms with Crippen LogP contribution in [0.3, 0.4) is 0 Å². The van der Waals surface area contributed by atoms with E-state index < -0.39 is 11.6 Å². The fourth-order valence-corrected chi connectivity index (χ4v) is 7.34. The smallest absolute Gasteiger partial charge is 0.252 e. The summed E-state index contributed by atoms with van der Waals surface area (Å²) in [6, 6.07) is 17.8. The first-order chi connectivity index (χ1) is 23.8. The van der Waals surface area contributed by atoms with E-state index in [0.717, 1.165) is 79.4 Å². The number of aromatic nitrogens is 1. The number of hydrogen-bond donors (Lipinski definition) is 1. The first-order valence-electron chi connectivity index (χ1n) is 16.7. The molecule has 11 heteroatoms. The molecule has 0 spiro atoms. The monoisotopic (exact) mass is 707 g/mol. The first-order valence-corrected chi connectivity index (χ1v) is 17.4. The van der Waals surface area contributed by atoms with Crippen molar-refractivity contribution in [1.29, 1.82) is 0 Å². The number of benzene rings is 3. The number of amides is 1. The van der Waals surface area contributed by atoms with Gasteiger partial charge in [0.1, 0.15) is 29.7 Å². The van der Waals surface area contributed by atoms with Crippen molar-refractivity contribution in [1.82, 2.24) is 15.4 Å². The van der Waals surface area contributed by atoms with Gasteiger partial charge < -0.3 is 24.2 Å². The predicted molar refractivity (Wildman–Crippen MR) is 184 cm³/mol. The summed E-state index contributed by atoms with van der Waals surface area (Å²) in [6.07, 6.45) is 6.51. The average Bonchev–Trinajstić information content (AvgIpc) is 3.73. The van der Waals surface area contributed by atoms with E-state index in [4.69, 9.17) is 37.2 Å². The van der Waals surface area contributed by atoms with Crippen LogP contribution in [0, 0.1) is 11.6 Å². The number of aryl methyl sites for hydroxylation is 1. The minimum Gasteiger partial charge on any atom is -0.486 e. The molecule has 3 aromatic carbocycles. The highest BCUT2D eigenvalue weighted by Gasteiger charge is 2.42. The minimum absolute atomic E-state index is 0.00588. The fraction of sp³-hybridized carbons (Fsp3) is 0.368. The van der Waals surface area contributed by atoms with Gasteiger partial charge in [-0.25, -0.2) is 8.78 Å². The molecule has 2 fully saturated rings. The Morgan fingerprint density at radius 3 is 2.59 bits per heavy atom. The van der Waals surface area contributed by atoms with Gasteiger partial charge in [0.05, 0.1) is 10.6 Å². The summed E-state index contributed by atoms with van der Waals surface area (Å²) in [5, 5.41) is 7.86. The van der Waals surface area contributed by atoms with Crippen LogP contribution in [-0.2, 0) is 29.1 Å². The molecule has 0 radical (unpaired) electrons. The van der Waals surface area contributed by atoms with Crippen LogP contribution in [0.2, 0.25) is 10.0 Å². The molecule has 49 heavy (non-hydrogen) atoms. The Morgan fingerprint density at radius 1 is 1.02 bits per heavy atom. The summed E-state index contributed by atoms with van der Waals surface area (Å²) < 4.78 is 44.8. The Morgan fingerprint density at radius 2 is 1.82 bits per heavy atom. The van der Waals surface area contributed by atoms with E-state index >= 15 is 0 Å². The Kier molecular flexibility index (Phi) is 10.1. The van der Waals surface area contributed by atoms with Gasteiger partial charge in [-0.3, -0.25) is 4.79 Å². The summed E-state index contributed by atoms with van der Waals surface area (Å²) in [4.78, 5) is 16.6. The van der Waals surface area contributed by atoms with Crippen molar-refractivity contribution in [3.63, 3.8) is 0 Å². The third kappa shape index (κ3) is 7.41. The molecular formula is C38H37Cl2F2N3O4. The van der Waals surface area contributed by atoms with Crippen LogP contribution in [0.1, 0.15) is 61.0 Å². The van der Waals surface area contributed by atoms with E-state index in [9.17, 15) is 13.6 Å². The number of hydrogen-bond acceptors (Lipinski definition) is 6. The number of halogens is 4. The summed E-state index contributed by atoms with van der Waals surface area (Å²) >= 11 is 12.7. The zero-order chi connectivity index (χ0) is 34.1. The topological polar surface area (TPSA) is 76.8 Å². The molecule has 3 heterocycles. The van der Waals surface area contributed by atoms with E-state index in [1.54, 1.807) is 7.11 Å². The van der Waals surface area contributed by atoms with Crippen LogP contribution in [0.25, 0.3) is 16.8 Å². The highest BCUT2D eigenvalue weighted by molar-refractivity contribution is 6.33. The number of carbonyl (C=O) groups excluding carboxylic acids is 1. The maximum Gasteiger partial charge on any atom is 0.252 e. The number of nitrogens with zero attached hydrogens (tertiary/aromatic N) is 2. The van der Waals surface area contributed by atoms with Gasteiger partial charge in [-0.15, -0.1) is 0 Å². The standard InChI is InChI=1S/C38H37Cl2F2N3O4/c1-47-16-2-3-22-4-12-30(39)24(17-22)20-45(26-8-9-26)38(46)35-29(18-25-7-15-33(35)43-25)23-5-10-27(11-6-23)48-21-28-19-34(44-49-28)36-31(41)13-14-32(42)37(36)40/h4-6,10-14,17,19,25-26,33,43H,2-3,7-9,15-16,18,20-21H2,1H3/t25-,33+/m0/s1. The lowest BCUT2D eigenvalue weighted by atomic mass is 9.88. The highest BCUT2D eigenvalue weighted by Crippen LogP contribution is 2.41. The number of ether oxygens (including phenoxy) is 2. The second-order valence-corrected chi connectivity index (χ2v) is 13.8. The van der Waals surface area contributed by atoms with Crippen molar-refractivity contribution in [2.75, 3.05) is 13.7 Å². The third-order valence-corrected chi connectivity index (χ3v) is 10.3. The van der Waals surface area contributed by atoms with E-state index in [1.165, 1.54) is 11.6 Å². The van der Waals surface area contributed by atoms with Crippen molar-refractivity contribution >= 4 is 34.7 Å². The molecule has 7 nitrogen and oxygen atoms in total. The van der Waals surface area contributed by atoms with Gasteiger partial charge >= 0.3 is 0 Å². The lowest BCUT2D eigenvalue weighted by Crippen LogP contribution is -2.44. The second-order valence-electron chi connectivity index (χ2n) is 13.0. The van der Waals surface area contributed by atoms with E-state index in [-0.39, 0.29) is 40.9 Å². The molecule has 1 saturated carbocycles. The third-order valence-electron chi connectivity index (χ3n) is 9.55.